The Morgan fingerprint density at radius 2 is 1.47 bits per heavy atom. The topological polar surface area (TPSA) is 59.8 Å². The molecule has 0 aliphatic rings. The Balaban J connectivity index is 1.89. The standard InChI is InChI=1S/C17H8Cl2F6N4O/c18-13-5-8(6-14(19)27-13)15(30)26-9-1-3-10(4-2-9)29-12(17(23,24)25)7-11(28-29)16(20,21)22/h1-7H,(H,26,30). The largest absolute Gasteiger partial charge is 0.435 e. The molecule has 3 aromatic rings. The molecule has 0 aliphatic carbocycles. The van der Waals surface area contributed by atoms with Crippen LogP contribution in [0.5, 0.6) is 0 Å². The molecule has 0 radical (unpaired) electrons. The maximum atomic E-state index is 13.1. The quantitative estimate of drug-likeness (QED) is 0.386. The first kappa shape index (κ1) is 21.9. The second-order valence-electron chi connectivity index (χ2n) is 5.82. The summed E-state index contributed by atoms with van der Waals surface area (Å²) in [5.41, 5.74) is -3.33. The van der Waals surface area contributed by atoms with Crippen molar-refractivity contribution in [3.8, 4) is 5.69 Å². The number of benzene rings is 1. The maximum absolute atomic E-state index is 13.1. The van der Waals surface area contributed by atoms with E-state index in [0.29, 0.717) is 0 Å². The first-order valence-electron chi connectivity index (χ1n) is 7.84. The van der Waals surface area contributed by atoms with Crippen molar-refractivity contribution in [2.45, 2.75) is 12.4 Å². The van der Waals surface area contributed by atoms with E-state index in [4.69, 9.17) is 23.2 Å². The minimum atomic E-state index is -5.07. The molecule has 1 aromatic carbocycles. The van der Waals surface area contributed by atoms with Crippen LogP contribution in [0.1, 0.15) is 21.7 Å². The number of nitrogens with zero attached hydrogens (tertiary/aromatic N) is 3. The molecule has 0 spiro atoms. The summed E-state index contributed by atoms with van der Waals surface area (Å²) in [5.74, 6) is -0.636. The van der Waals surface area contributed by atoms with E-state index in [9.17, 15) is 31.1 Å². The molecule has 0 aliphatic heterocycles. The summed E-state index contributed by atoms with van der Waals surface area (Å²) in [6.45, 7) is 0. The van der Waals surface area contributed by atoms with Crippen LogP contribution in [0.25, 0.3) is 5.69 Å². The van der Waals surface area contributed by atoms with Gasteiger partial charge in [-0.2, -0.15) is 31.4 Å². The van der Waals surface area contributed by atoms with Gasteiger partial charge in [0.15, 0.2) is 5.69 Å². The third kappa shape index (κ3) is 4.85. The average Bonchev–Trinajstić information content (AvgIpc) is 3.07. The van der Waals surface area contributed by atoms with E-state index in [-0.39, 0.29) is 38.0 Å². The number of pyridine rings is 1. The van der Waals surface area contributed by atoms with Crippen LogP contribution >= 0.6 is 23.2 Å². The molecule has 0 saturated heterocycles. The molecule has 2 aromatic heterocycles. The van der Waals surface area contributed by atoms with Crippen molar-refractivity contribution in [1.29, 1.82) is 0 Å². The number of rotatable bonds is 3. The van der Waals surface area contributed by atoms with Gasteiger partial charge < -0.3 is 5.32 Å². The number of carbonyl (C=O) groups is 1. The Morgan fingerprint density at radius 3 is 1.97 bits per heavy atom. The van der Waals surface area contributed by atoms with Gasteiger partial charge in [-0.25, -0.2) is 9.67 Å². The van der Waals surface area contributed by atoms with Crippen LogP contribution in [-0.2, 0) is 12.4 Å². The van der Waals surface area contributed by atoms with Gasteiger partial charge in [-0.1, -0.05) is 23.2 Å². The highest BCUT2D eigenvalue weighted by molar-refractivity contribution is 6.33. The van der Waals surface area contributed by atoms with E-state index in [0.717, 1.165) is 12.1 Å². The molecular formula is C17H8Cl2F6N4O. The van der Waals surface area contributed by atoms with Crippen LogP contribution in [-0.4, -0.2) is 20.7 Å². The van der Waals surface area contributed by atoms with Crippen molar-refractivity contribution in [3.63, 3.8) is 0 Å². The van der Waals surface area contributed by atoms with Gasteiger partial charge in [-0.05, 0) is 36.4 Å². The van der Waals surface area contributed by atoms with E-state index < -0.39 is 29.6 Å². The van der Waals surface area contributed by atoms with Crippen molar-refractivity contribution < 1.29 is 31.1 Å². The second-order valence-corrected chi connectivity index (χ2v) is 6.60. The monoisotopic (exact) mass is 468 g/mol. The summed E-state index contributed by atoms with van der Waals surface area (Å²) in [6, 6.07) is 6.96. The van der Waals surface area contributed by atoms with Gasteiger partial charge in [0, 0.05) is 17.3 Å². The first-order chi connectivity index (χ1) is 13.8. The Bertz CT molecular complexity index is 1070. The fraction of sp³-hybridized carbons (Fsp3) is 0.118. The van der Waals surface area contributed by atoms with Gasteiger partial charge in [0.25, 0.3) is 5.91 Å². The van der Waals surface area contributed by atoms with E-state index in [2.05, 4.69) is 15.4 Å². The number of alkyl halides is 6. The van der Waals surface area contributed by atoms with Crippen molar-refractivity contribution in [2.75, 3.05) is 5.32 Å². The van der Waals surface area contributed by atoms with Crippen molar-refractivity contribution in [2.24, 2.45) is 0 Å². The lowest BCUT2D eigenvalue weighted by molar-refractivity contribution is -0.143. The minimum Gasteiger partial charge on any atom is -0.322 e. The predicted octanol–water partition coefficient (Wildman–Crippen LogP) is 5.86. The molecule has 158 valence electrons. The lowest BCUT2D eigenvalue weighted by atomic mass is 10.2. The maximum Gasteiger partial charge on any atom is 0.435 e. The second kappa shape index (κ2) is 7.80. The molecule has 0 saturated carbocycles. The van der Waals surface area contributed by atoms with Crippen molar-refractivity contribution in [1.82, 2.24) is 14.8 Å². The highest BCUT2D eigenvalue weighted by Gasteiger charge is 2.42. The summed E-state index contributed by atoms with van der Waals surface area (Å²) in [7, 11) is 0. The number of amides is 1. The smallest absolute Gasteiger partial charge is 0.322 e. The first-order valence-corrected chi connectivity index (χ1v) is 8.59. The van der Waals surface area contributed by atoms with Crippen LogP contribution in [0.3, 0.4) is 0 Å². The molecular weight excluding hydrogens is 461 g/mol. The molecule has 13 heteroatoms. The summed E-state index contributed by atoms with van der Waals surface area (Å²) in [6.07, 6.45) is -10.1. The van der Waals surface area contributed by atoms with Crippen LogP contribution in [0.4, 0.5) is 32.0 Å². The van der Waals surface area contributed by atoms with E-state index in [1.54, 1.807) is 0 Å². The van der Waals surface area contributed by atoms with Crippen LogP contribution < -0.4 is 5.32 Å². The third-order valence-corrected chi connectivity index (χ3v) is 4.07. The van der Waals surface area contributed by atoms with Crippen LogP contribution in [0, 0.1) is 0 Å². The number of hydrogen-bond donors (Lipinski definition) is 1. The molecule has 0 atom stereocenters. The minimum absolute atomic E-state index is 0.0261. The zero-order chi connectivity index (χ0) is 22.3. The molecule has 0 fully saturated rings. The third-order valence-electron chi connectivity index (χ3n) is 3.68. The predicted molar refractivity (Wildman–Crippen MR) is 95.8 cm³/mol. The Hall–Kier alpha value is -2.79. The van der Waals surface area contributed by atoms with Gasteiger partial charge >= 0.3 is 12.4 Å². The Morgan fingerprint density at radius 1 is 0.900 bits per heavy atom. The summed E-state index contributed by atoms with van der Waals surface area (Å²) in [4.78, 5) is 15.9. The molecule has 2 heterocycles. The summed E-state index contributed by atoms with van der Waals surface area (Å²) in [5, 5.41) is 5.42. The Kier molecular flexibility index (Phi) is 5.70. The Labute approximate surface area is 174 Å². The number of aromatic nitrogens is 3. The van der Waals surface area contributed by atoms with Crippen molar-refractivity contribution in [3.05, 3.63) is 69.7 Å². The van der Waals surface area contributed by atoms with Crippen LogP contribution in [0.15, 0.2) is 42.5 Å². The molecule has 30 heavy (non-hydrogen) atoms. The zero-order valence-corrected chi connectivity index (χ0v) is 15.8. The van der Waals surface area contributed by atoms with Gasteiger partial charge in [0.05, 0.1) is 5.69 Å². The number of nitrogens with one attached hydrogen (secondary N) is 1. The normalized spacial score (nSPS) is 12.1. The van der Waals surface area contributed by atoms with Crippen molar-refractivity contribution >= 4 is 34.8 Å². The number of carbonyl (C=O) groups excluding carboxylic acids is 1. The van der Waals surface area contributed by atoms with E-state index in [1.165, 1.54) is 24.3 Å². The highest BCUT2D eigenvalue weighted by atomic mass is 35.5. The SMILES string of the molecule is O=C(Nc1ccc(-n2nc(C(F)(F)F)cc2C(F)(F)F)cc1)c1cc(Cl)nc(Cl)c1. The van der Waals surface area contributed by atoms with Gasteiger partial charge in [0.2, 0.25) is 0 Å². The fourth-order valence-corrected chi connectivity index (χ4v) is 2.86. The van der Waals surface area contributed by atoms with Gasteiger partial charge in [-0.15, -0.1) is 0 Å². The summed E-state index contributed by atoms with van der Waals surface area (Å²) >= 11 is 11.4. The van der Waals surface area contributed by atoms with Crippen LogP contribution in [0.2, 0.25) is 10.3 Å². The van der Waals surface area contributed by atoms with Gasteiger partial charge in [-0.3, -0.25) is 4.79 Å². The lowest BCUT2D eigenvalue weighted by Crippen LogP contribution is -2.14. The zero-order valence-electron chi connectivity index (χ0n) is 14.3. The molecule has 0 bridgehead atoms. The molecule has 5 nitrogen and oxygen atoms in total. The highest BCUT2D eigenvalue weighted by Crippen LogP contribution is 2.36. The average molecular weight is 469 g/mol. The van der Waals surface area contributed by atoms with Gasteiger partial charge in [0.1, 0.15) is 16.0 Å². The van der Waals surface area contributed by atoms with E-state index >= 15 is 0 Å². The number of anilines is 1. The lowest BCUT2D eigenvalue weighted by Gasteiger charge is -2.11. The molecule has 1 N–H and O–H groups in total. The van der Waals surface area contributed by atoms with E-state index in [1.807, 2.05) is 0 Å². The number of halogens is 8. The molecule has 1 amide bonds. The molecule has 0 unspecified atom stereocenters. The summed E-state index contributed by atoms with van der Waals surface area (Å²) < 4.78 is 77.9. The number of hydrogen-bond acceptors (Lipinski definition) is 3. The fourth-order valence-electron chi connectivity index (χ4n) is 2.40. The molecule has 3 rings (SSSR count).